The van der Waals surface area contributed by atoms with Crippen LogP contribution in [-0.4, -0.2) is 31.9 Å². The molecular formula is C16H25NO2. The lowest BCUT2D eigenvalue weighted by Crippen LogP contribution is -2.37. The third-order valence-electron chi connectivity index (χ3n) is 4.21. The molecule has 1 N–H and O–H groups in total. The minimum absolute atomic E-state index is 0.149. The Morgan fingerprint density at radius 3 is 2.89 bits per heavy atom. The molecule has 3 heteroatoms. The largest absolute Gasteiger partial charge is 0.497 e. The lowest BCUT2D eigenvalue weighted by Gasteiger charge is -2.35. The van der Waals surface area contributed by atoms with E-state index in [1.165, 1.54) is 0 Å². The zero-order chi connectivity index (χ0) is 13.8. The number of ether oxygens (including phenoxy) is 1. The molecule has 0 amide bonds. The van der Waals surface area contributed by atoms with E-state index in [-0.39, 0.29) is 6.10 Å². The molecule has 0 spiro atoms. The highest BCUT2D eigenvalue weighted by molar-refractivity contribution is 5.50. The van der Waals surface area contributed by atoms with Crippen LogP contribution in [0.2, 0.25) is 0 Å². The molecule has 19 heavy (non-hydrogen) atoms. The van der Waals surface area contributed by atoms with Crippen molar-refractivity contribution in [2.45, 2.75) is 32.3 Å². The molecule has 0 bridgehead atoms. The summed E-state index contributed by atoms with van der Waals surface area (Å²) in [4.78, 5) is 2.22. The fourth-order valence-electron chi connectivity index (χ4n) is 2.98. The minimum Gasteiger partial charge on any atom is -0.497 e. The van der Waals surface area contributed by atoms with Crippen LogP contribution in [0.3, 0.4) is 0 Å². The average Bonchev–Trinajstić information content (AvgIpc) is 2.43. The summed E-state index contributed by atoms with van der Waals surface area (Å²) in [7, 11) is 3.77. The van der Waals surface area contributed by atoms with Gasteiger partial charge in [-0.05, 0) is 37.3 Å². The van der Waals surface area contributed by atoms with E-state index in [1.807, 2.05) is 18.2 Å². The van der Waals surface area contributed by atoms with Gasteiger partial charge in [-0.1, -0.05) is 13.0 Å². The minimum atomic E-state index is -0.149. The van der Waals surface area contributed by atoms with Crippen molar-refractivity contribution >= 4 is 5.69 Å². The van der Waals surface area contributed by atoms with Crippen LogP contribution in [0.4, 0.5) is 5.69 Å². The maximum atomic E-state index is 10.1. The average molecular weight is 263 g/mol. The van der Waals surface area contributed by atoms with E-state index in [1.54, 1.807) is 7.11 Å². The smallest absolute Gasteiger partial charge is 0.120 e. The predicted octanol–water partition coefficient (Wildman–Crippen LogP) is 2.93. The van der Waals surface area contributed by atoms with E-state index in [2.05, 4.69) is 24.9 Å². The summed E-state index contributed by atoms with van der Waals surface area (Å²) in [5.74, 6) is 1.98. The molecule has 3 atom stereocenters. The van der Waals surface area contributed by atoms with Gasteiger partial charge in [-0.2, -0.15) is 0 Å². The van der Waals surface area contributed by atoms with E-state index >= 15 is 0 Å². The van der Waals surface area contributed by atoms with Gasteiger partial charge in [0, 0.05) is 31.3 Å². The Morgan fingerprint density at radius 1 is 1.37 bits per heavy atom. The van der Waals surface area contributed by atoms with Crippen molar-refractivity contribution in [2.75, 3.05) is 25.6 Å². The van der Waals surface area contributed by atoms with Gasteiger partial charge >= 0.3 is 0 Å². The Hall–Kier alpha value is -1.22. The summed E-state index contributed by atoms with van der Waals surface area (Å²) in [6, 6.07) is 8.08. The van der Waals surface area contributed by atoms with Crippen LogP contribution in [0.5, 0.6) is 5.75 Å². The molecule has 1 fully saturated rings. The highest BCUT2D eigenvalue weighted by Crippen LogP contribution is 2.30. The zero-order valence-corrected chi connectivity index (χ0v) is 12.2. The van der Waals surface area contributed by atoms with Gasteiger partial charge in [-0.25, -0.2) is 0 Å². The third kappa shape index (κ3) is 3.63. The van der Waals surface area contributed by atoms with Crippen LogP contribution in [0.15, 0.2) is 24.3 Å². The molecule has 3 nitrogen and oxygen atoms in total. The molecule has 0 aromatic heterocycles. The van der Waals surface area contributed by atoms with Gasteiger partial charge in [-0.15, -0.1) is 0 Å². The molecule has 106 valence electrons. The summed E-state index contributed by atoms with van der Waals surface area (Å²) in [5, 5.41) is 10.1. The molecule has 1 aliphatic rings. The topological polar surface area (TPSA) is 32.7 Å². The Balaban J connectivity index is 2.01. The Kier molecular flexibility index (Phi) is 4.70. The van der Waals surface area contributed by atoms with Crippen molar-refractivity contribution in [3.8, 4) is 5.75 Å². The van der Waals surface area contributed by atoms with Crippen LogP contribution in [0.25, 0.3) is 0 Å². The number of aliphatic hydroxyl groups excluding tert-OH is 1. The molecule has 0 aliphatic heterocycles. The number of rotatable bonds is 4. The van der Waals surface area contributed by atoms with Crippen molar-refractivity contribution in [1.29, 1.82) is 0 Å². The van der Waals surface area contributed by atoms with Crippen LogP contribution in [0.1, 0.15) is 26.2 Å². The normalized spacial score (nSPS) is 27.1. The van der Waals surface area contributed by atoms with Gasteiger partial charge in [0.05, 0.1) is 13.2 Å². The van der Waals surface area contributed by atoms with Gasteiger partial charge in [0.25, 0.3) is 0 Å². The zero-order valence-electron chi connectivity index (χ0n) is 12.2. The van der Waals surface area contributed by atoms with Crippen molar-refractivity contribution in [3.05, 3.63) is 24.3 Å². The molecule has 3 unspecified atom stereocenters. The van der Waals surface area contributed by atoms with Crippen LogP contribution in [-0.2, 0) is 0 Å². The molecule has 0 radical (unpaired) electrons. The van der Waals surface area contributed by atoms with E-state index in [0.29, 0.717) is 5.92 Å². The number of aliphatic hydroxyl groups is 1. The van der Waals surface area contributed by atoms with Crippen molar-refractivity contribution in [1.82, 2.24) is 0 Å². The Morgan fingerprint density at radius 2 is 2.16 bits per heavy atom. The monoisotopic (exact) mass is 263 g/mol. The van der Waals surface area contributed by atoms with E-state index < -0.39 is 0 Å². The summed E-state index contributed by atoms with van der Waals surface area (Å²) < 4.78 is 5.26. The standard InChI is InChI=1S/C16H25NO2/c1-12-7-8-16(18)13(9-12)11-17(2)14-5-4-6-15(10-14)19-3/h4-6,10,12-13,16,18H,7-9,11H2,1-3H3. The molecule has 0 saturated heterocycles. The van der Waals surface area contributed by atoms with Gasteiger partial charge in [-0.3, -0.25) is 0 Å². The molecular weight excluding hydrogens is 238 g/mol. The van der Waals surface area contributed by atoms with Crippen LogP contribution < -0.4 is 9.64 Å². The molecule has 1 saturated carbocycles. The molecule has 1 aliphatic carbocycles. The second-order valence-corrected chi connectivity index (χ2v) is 5.83. The number of anilines is 1. The SMILES string of the molecule is COc1cccc(N(C)CC2CC(C)CCC2O)c1. The van der Waals surface area contributed by atoms with Gasteiger partial charge in [0.15, 0.2) is 0 Å². The number of nitrogens with zero attached hydrogens (tertiary/aromatic N) is 1. The van der Waals surface area contributed by atoms with E-state index in [9.17, 15) is 5.11 Å². The van der Waals surface area contributed by atoms with Crippen LogP contribution >= 0.6 is 0 Å². The third-order valence-corrected chi connectivity index (χ3v) is 4.21. The maximum Gasteiger partial charge on any atom is 0.120 e. The fourth-order valence-corrected chi connectivity index (χ4v) is 2.98. The summed E-state index contributed by atoms with van der Waals surface area (Å²) in [6.45, 7) is 3.18. The fraction of sp³-hybridized carbons (Fsp3) is 0.625. The molecule has 1 aromatic rings. The first-order valence-corrected chi connectivity index (χ1v) is 7.13. The van der Waals surface area contributed by atoms with Gasteiger partial charge in [0.2, 0.25) is 0 Å². The van der Waals surface area contributed by atoms with E-state index in [0.717, 1.165) is 43.2 Å². The lowest BCUT2D eigenvalue weighted by molar-refractivity contribution is 0.0556. The van der Waals surface area contributed by atoms with E-state index in [4.69, 9.17) is 4.74 Å². The van der Waals surface area contributed by atoms with Gasteiger partial charge < -0.3 is 14.7 Å². The van der Waals surface area contributed by atoms with Crippen molar-refractivity contribution in [2.24, 2.45) is 11.8 Å². The predicted molar refractivity (Wildman–Crippen MR) is 78.8 cm³/mol. The maximum absolute atomic E-state index is 10.1. The van der Waals surface area contributed by atoms with Gasteiger partial charge in [0.1, 0.15) is 5.75 Å². The first-order chi connectivity index (χ1) is 9.10. The second kappa shape index (κ2) is 6.29. The number of hydrogen-bond acceptors (Lipinski definition) is 3. The summed E-state index contributed by atoms with van der Waals surface area (Å²) in [5.41, 5.74) is 1.14. The molecule has 0 heterocycles. The van der Waals surface area contributed by atoms with Crippen molar-refractivity contribution in [3.63, 3.8) is 0 Å². The highest BCUT2D eigenvalue weighted by atomic mass is 16.5. The summed E-state index contributed by atoms with van der Waals surface area (Å²) in [6.07, 6.45) is 3.07. The Labute approximate surface area is 116 Å². The number of hydrogen-bond donors (Lipinski definition) is 1. The molecule has 2 rings (SSSR count). The first-order valence-electron chi connectivity index (χ1n) is 7.13. The first kappa shape index (κ1) is 14.2. The number of benzene rings is 1. The number of methoxy groups -OCH3 is 1. The van der Waals surface area contributed by atoms with Crippen molar-refractivity contribution < 1.29 is 9.84 Å². The lowest BCUT2D eigenvalue weighted by atomic mass is 9.80. The quantitative estimate of drug-likeness (QED) is 0.906. The Bertz CT molecular complexity index is 407. The second-order valence-electron chi connectivity index (χ2n) is 5.83. The highest BCUT2D eigenvalue weighted by Gasteiger charge is 2.27. The summed E-state index contributed by atoms with van der Waals surface area (Å²) >= 11 is 0. The van der Waals surface area contributed by atoms with Crippen LogP contribution in [0, 0.1) is 11.8 Å². The molecule has 1 aromatic carbocycles.